The molecule has 0 radical (unpaired) electrons. The van der Waals surface area contributed by atoms with Gasteiger partial charge in [-0.05, 0) is 74.7 Å². The summed E-state index contributed by atoms with van der Waals surface area (Å²) < 4.78 is 37.2. The van der Waals surface area contributed by atoms with Crippen LogP contribution in [0.4, 0.5) is 14.5 Å². The second-order valence-electron chi connectivity index (χ2n) is 11.9. The molecule has 2 heterocycles. The molecule has 6 nitrogen and oxygen atoms in total. The first-order valence-electron chi connectivity index (χ1n) is 16.0. The van der Waals surface area contributed by atoms with Gasteiger partial charge in [-0.15, -0.1) is 0 Å². The van der Waals surface area contributed by atoms with E-state index >= 15 is 8.78 Å². The number of morpholine rings is 1. The summed E-state index contributed by atoms with van der Waals surface area (Å²) in [5.41, 5.74) is 6.60. The summed E-state index contributed by atoms with van der Waals surface area (Å²) in [7, 11) is 0. The lowest BCUT2D eigenvalue weighted by atomic mass is 9.91. The summed E-state index contributed by atoms with van der Waals surface area (Å²) in [5.74, 6) is -0.753. The van der Waals surface area contributed by atoms with Gasteiger partial charge in [0.05, 0.1) is 18.2 Å². The van der Waals surface area contributed by atoms with Crippen molar-refractivity contribution >= 4 is 40.6 Å². The van der Waals surface area contributed by atoms with Crippen LogP contribution in [0.15, 0.2) is 52.4 Å². The van der Waals surface area contributed by atoms with Gasteiger partial charge in [-0.25, -0.2) is 8.78 Å². The summed E-state index contributed by atoms with van der Waals surface area (Å²) in [6.45, 7) is 9.76. The number of amidine groups is 1. The number of fused-ring (bicyclic) bond motifs is 3. The van der Waals surface area contributed by atoms with Crippen molar-refractivity contribution < 1.29 is 13.5 Å². The Kier molecular flexibility index (Phi) is 11.4. The Morgan fingerprint density at radius 3 is 2.64 bits per heavy atom. The van der Waals surface area contributed by atoms with Gasteiger partial charge in [-0.2, -0.15) is 0 Å². The third kappa shape index (κ3) is 7.31. The average molecular weight is 624 g/mol. The number of hydrogen-bond donors (Lipinski definition) is 2. The lowest BCUT2D eigenvalue weighted by Gasteiger charge is -2.52. The van der Waals surface area contributed by atoms with Crippen molar-refractivity contribution in [3.63, 3.8) is 0 Å². The lowest BCUT2D eigenvalue weighted by Crippen LogP contribution is -2.63. The molecule has 3 aromatic carbocycles. The van der Waals surface area contributed by atoms with Gasteiger partial charge in [0, 0.05) is 47.9 Å². The van der Waals surface area contributed by atoms with E-state index in [1.807, 2.05) is 12.1 Å². The molecule has 0 aliphatic carbocycles. The number of rotatable bonds is 15. The highest BCUT2D eigenvalue weighted by Crippen LogP contribution is 2.42. The smallest absolute Gasteiger partial charge is 0.158 e. The standard InChI is InChI=1S/C35H44ClF2N5O/c1-3-24(39)12-7-9-17-42-35(41-16-8-4-10-18-43-25-19-26(43)22-44-21-25)28-20-29(36)32(33(38)34(28)40-2)31-27-13-6-5-11-23(27)14-15-30(31)37/h5-6,11,13-15,20,24-26H,2-4,7-10,12,16-19,21-22,39H2,1H3,(H,41,42). The highest BCUT2D eigenvalue weighted by Gasteiger charge is 2.41. The summed E-state index contributed by atoms with van der Waals surface area (Å²) in [6.07, 6.45) is 8.07. The van der Waals surface area contributed by atoms with Crippen molar-refractivity contribution in [3.05, 3.63) is 64.7 Å². The normalized spacial score (nSPS) is 19.2. The molecule has 9 heteroatoms. The fraction of sp³-hybridized carbons (Fsp3) is 0.486. The highest BCUT2D eigenvalue weighted by atomic mass is 35.5. The predicted molar refractivity (Wildman–Crippen MR) is 179 cm³/mol. The van der Waals surface area contributed by atoms with E-state index in [-0.39, 0.29) is 27.9 Å². The number of unbranched alkanes of at least 4 members (excludes halogenated alkanes) is 3. The van der Waals surface area contributed by atoms with E-state index in [0.29, 0.717) is 42.0 Å². The number of nitrogens with zero attached hydrogens (tertiary/aromatic N) is 3. The number of ether oxygens (including phenoxy) is 1. The summed E-state index contributed by atoms with van der Waals surface area (Å²) in [6, 6.07) is 13.3. The van der Waals surface area contributed by atoms with Crippen LogP contribution in [0.5, 0.6) is 0 Å². The topological polar surface area (TPSA) is 75.2 Å². The SMILES string of the molecule is C=Nc1c(/C(=N\CCCCCN2C3COCC2C3)NCCCCC(N)CC)cc(Cl)c(-c2c(F)ccc3ccccc23)c1F. The van der Waals surface area contributed by atoms with Gasteiger partial charge >= 0.3 is 0 Å². The Morgan fingerprint density at radius 2 is 1.89 bits per heavy atom. The van der Waals surface area contributed by atoms with Crippen molar-refractivity contribution in [3.8, 4) is 11.1 Å². The zero-order valence-electron chi connectivity index (χ0n) is 25.6. The molecule has 5 rings (SSSR count). The van der Waals surface area contributed by atoms with Gasteiger partial charge in [0.2, 0.25) is 0 Å². The quantitative estimate of drug-likeness (QED) is 0.104. The highest BCUT2D eigenvalue weighted by molar-refractivity contribution is 6.34. The Hall–Kier alpha value is -2.91. The molecule has 3 unspecified atom stereocenters. The van der Waals surface area contributed by atoms with Crippen LogP contribution >= 0.6 is 11.6 Å². The van der Waals surface area contributed by atoms with Crippen LogP contribution in [0.1, 0.15) is 63.9 Å². The maximum absolute atomic E-state index is 16.3. The Morgan fingerprint density at radius 1 is 1.09 bits per heavy atom. The largest absolute Gasteiger partial charge is 0.378 e. The molecule has 44 heavy (non-hydrogen) atoms. The zero-order valence-corrected chi connectivity index (χ0v) is 26.4. The minimum atomic E-state index is -0.717. The number of aliphatic imine (C=N–C) groups is 2. The third-order valence-corrected chi connectivity index (χ3v) is 9.30. The van der Waals surface area contributed by atoms with Crippen LogP contribution < -0.4 is 11.1 Å². The minimum absolute atomic E-state index is 0.00234. The van der Waals surface area contributed by atoms with Crippen molar-refractivity contribution in [1.29, 1.82) is 0 Å². The summed E-state index contributed by atoms with van der Waals surface area (Å²) in [4.78, 5) is 11.5. The van der Waals surface area contributed by atoms with E-state index in [0.717, 1.165) is 70.1 Å². The molecule has 3 N–H and O–H groups in total. The van der Waals surface area contributed by atoms with E-state index < -0.39 is 11.6 Å². The monoisotopic (exact) mass is 623 g/mol. The van der Waals surface area contributed by atoms with E-state index in [1.54, 1.807) is 24.3 Å². The van der Waals surface area contributed by atoms with Crippen LogP contribution in [0.2, 0.25) is 5.02 Å². The fourth-order valence-electron chi connectivity index (χ4n) is 6.40. The Bertz CT molecular complexity index is 1470. The third-order valence-electron chi connectivity index (χ3n) is 9.00. The Labute approximate surface area is 264 Å². The second-order valence-corrected chi connectivity index (χ2v) is 12.4. The maximum Gasteiger partial charge on any atom is 0.158 e. The molecule has 2 aliphatic rings. The van der Waals surface area contributed by atoms with E-state index in [9.17, 15) is 0 Å². The first kappa shape index (κ1) is 32.5. The minimum Gasteiger partial charge on any atom is -0.378 e. The van der Waals surface area contributed by atoms with Gasteiger partial charge in [0.25, 0.3) is 0 Å². The number of nitrogens with one attached hydrogen (secondary N) is 1. The van der Waals surface area contributed by atoms with Crippen LogP contribution in [0.25, 0.3) is 21.9 Å². The lowest BCUT2D eigenvalue weighted by molar-refractivity contribution is -0.127. The molecule has 3 aromatic rings. The number of nitrogens with two attached hydrogens (primary N) is 1. The van der Waals surface area contributed by atoms with Gasteiger partial charge in [-0.1, -0.05) is 61.7 Å². The van der Waals surface area contributed by atoms with Crippen molar-refractivity contribution in [2.45, 2.75) is 76.4 Å². The van der Waals surface area contributed by atoms with Crippen LogP contribution in [-0.2, 0) is 4.74 Å². The van der Waals surface area contributed by atoms with Crippen LogP contribution in [0.3, 0.4) is 0 Å². The van der Waals surface area contributed by atoms with E-state index in [4.69, 9.17) is 27.1 Å². The number of hydrogen-bond acceptors (Lipinski definition) is 5. The summed E-state index contributed by atoms with van der Waals surface area (Å²) >= 11 is 6.76. The van der Waals surface area contributed by atoms with E-state index in [2.05, 4.69) is 28.9 Å². The molecule has 0 aromatic heterocycles. The first-order chi connectivity index (χ1) is 21.4. The van der Waals surface area contributed by atoms with Gasteiger partial charge in [-0.3, -0.25) is 14.9 Å². The number of benzene rings is 3. The zero-order chi connectivity index (χ0) is 31.1. The predicted octanol–water partition coefficient (Wildman–Crippen LogP) is 7.66. The fourth-order valence-corrected chi connectivity index (χ4v) is 6.69. The molecule has 2 bridgehead atoms. The molecule has 0 saturated carbocycles. The molecule has 0 spiro atoms. The van der Waals surface area contributed by atoms with E-state index in [1.165, 1.54) is 12.5 Å². The first-order valence-corrected chi connectivity index (χ1v) is 16.3. The van der Waals surface area contributed by atoms with Crippen molar-refractivity contribution in [1.82, 2.24) is 10.2 Å². The molecule has 2 aliphatic heterocycles. The van der Waals surface area contributed by atoms with Crippen molar-refractivity contribution in [2.75, 3.05) is 32.8 Å². The van der Waals surface area contributed by atoms with Gasteiger partial charge < -0.3 is 15.8 Å². The molecule has 3 atom stereocenters. The molecule has 2 saturated heterocycles. The van der Waals surface area contributed by atoms with Gasteiger partial charge in [0.15, 0.2) is 5.82 Å². The van der Waals surface area contributed by atoms with Crippen molar-refractivity contribution in [2.24, 2.45) is 15.7 Å². The van der Waals surface area contributed by atoms with Crippen LogP contribution in [0, 0.1) is 11.6 Å². The molecular weight excluding hydrogens is 580 g/mol. The number of halogens is 3. The maximum atomic E-state index is 16.3. The average Bonchev–Trinajstić information content (AvgIpc) is 3.04. The molecule has 2 fully saturated rings. The summed E-state index contributed by atoms with van der Waals surface area (Å²) in [5, 5.41) is 4.86. The molecular formula is C35H44ClF2N5O. The Balaban J connectivity index is 1.35. The molecule has 0 amide bonds. The van der Waals surface area contributed by atoms with Crippen LogP contribution in [-0.4, -0.2) is 68.4 Å². The molecule has 236 valence electrons. The second kappa shape index (κ2) is 15.4. The van der Waals surface area contributed by atoms with Gasteiger partial charge in [0.1, 0.15) is 17.3 Å².